The third kappa shape index (κ3) is 5.88. The van der Waals surface area contributed by atoms with Crippen LogP contribution in [0, 0.1) is 0 Å². The Balaban J connectivity index is 1.96. The quantitative estimate of drug-likeness (QED) is 0.454. The smallest absolute Gasteiger partial charge is 0.406 e. The maximum atomic E-state index is 12.5. The Kier molecular flexibility index (Phi) is 6.34. The summed E-state index contributed by atoms with van der Waals surface area (Å²) >= 11 is 12.0. The van der Waals surface area contributed by atoms with E-state index in [1.54, 1.807) is 30.3 Å². The largest absolute Gasteiger partial charge is 0.573 e. The molecule has 5 nitrogen and oxygen atoms in total. The lowest BCUT2D eigenvalue weighted by atomic mass is 10.1. The first-order valence-corrected chi connectivity index (χ1v) is 9.20. The van der Waals surface area contributed by atoms with Crippen molar-refractivity contribution in [2.24, 2.45) is 0 Å². The van der Waals surface area contributed by atoms with Gasteiger partial charge in [-0.05, 0) is 37.3 Å². The van der Waals surface area contributed by atoms with Gasteiger partial charge in [0.1, 0.15) is 11.6 Å². The van der Waals surface area contributed by atoms with Crippen molar-refractivity contribution in [1.29, 1.82) is 0 Å². The summed E-state index contributed by atoms with van der Waals surface area (Å²) < 4.78 is 41.5. The number of ether oxygens (including phenoxy) is 1. The highest BCUT2D eigenvalue weighted by molar-refractivity contribution is 6.42. The van der Waals surface area contributed by atoms with Crippen LogP contribution >= 0.6 is 23.2 Å². The number of anilines is 3. The lowest BCUT2D eigenvalue weighted by molar-refractivity contribution is -0.274. The molecule has 2 aromatic carbocycles. The van der Waals surface area contributed by atoms with Gasteiger partial charge in [0.15, 0.2) is 0 Å². The summed E-state index contributed by atoms with van der Waals surface area (Å²) in [6.45, 7) is 2.44. The van der Waals surface area contributed by atoms with Crippen molar-refractivity contribution in [2.45, 2.75) is 13.3 Å². The molecule has 0 aliphatic heterocycles. The lowest BCUT2D eigenvalue weighted by Crippen LogP contribution is -2.17. The van der Waals surface area contributed by atoms with Gasteiger partial charge in [0.05, 0.1) is 15.7 Å². The van der Waals surface area contributed by atoms with Gasteiger partial charge in [-0.25, -0.2) is 4.98 Å². The second-order valence-corrected chi connectivity index (χ2v) is 6.64. The van der Waals surface area contributed by atoms with Crippen molar-refractivity contribution in [1.82, 2.24) is 9.97 Å². The first-order valence-electron chi connectivity index (χ1n) is 8.44. The van der Waals surface area contributed by atoms with Crippen molar-refractivity contribution in [3.05, 3.63) is 58.6 Å². The fourth-order valence-corrected chi connectivity index (χ4v) is 2.77. The average Bonchev–Trinajstić information content (AvgIpc) is 2.64. The van der Waals surface area contributed by atoms with E-state index in [9.17, 15) is 13.2 Å². The number of aromatic nitrogens is 2. The topological polar surface area (TPSA) is 59.1 Å². The Morgan fingerprint density at radius 3 is 2.48 bits per heavy atom. The zero-order valence-electron chi connectivity index (χ0n) is 15.0. The highest BCUT2D eigenvalue weighted by Crippen LogP contribution is 2.30. The van der Waals surface area contributed by atoms with Crippen LogP contribution in [-0.4, -0.2) is 22.9 Å². The van der Waals surface area contributed by atoms with Gasteiger partial charge in [-0.1, -0.05) is 35.3 Å². The van der Waals surface area contributed by atoms with Gasteiger partial charge in [-0.2, -0.15) is 4.98 Å². The molecule has 0 atom stereocenters. The molecule has 2 N–H and O–H groups in total. The molecule has 0 fully saturated rings. The number of benzene rings is 2. The molecule has 0 saturated heterocycles. The van der Waals surface area contributed by atoms with Crippen molar-refractivity contribution in [3.63, 3.8) is 0 Å². The number of nitrogens with one attached hydrogen (secondary N) is 2. The first-order chi connectivity index (χ1) is 13.7. The fraction of sp³-hybridized carbons (Fsp3) is 0.158. The maximum absolute atomic E-state index is 12.5. The molecule has 0 aliphatic carbocycles. The predicted octanol–water partition coefficient (Wildman–Crippen LogP) is 6.52. The third-order valence-corrected chi connectivity index (χ3v) is 4.36. The normalized spacial score (nSPS) is 11.2. The number of nitrogens with zero attached hydrogens (tertiary/aromatic N) is 2. The molecule has 0 unspecified atom stereocenters. The van der Waals surface area contributed by atoms with Crippen LogP contribution in [0.1, 0.15) is 6.92 Å². The van der Waals surface area contributed by atoms with Crippen LogP contribution in [0.25, 0.3) is 11.3 Å². The lowest BCUT2D eigenvalue weighted by Gasteiger charge is -2.13. The summed E-state index contributed by atoms with van der Waals surface area (Å²) in [5, 5.41) is 6.87. The highest BCUT2D eigenvalue weighted by atomic mass is 35.5. The number of hydrogen-bond acceptors (Lipinski definition) is 5. The molecule has 0 spiro atoms. The van der Waals surface area contributed by atoms with Gasteiger partial charge in [0.2, 0.25) is 5.95 Å². The standard InChI is InChI=1S/C19H15Cl2F3N4O/c1-2-25-18-27-16(11-4-3-5-13(8-11)29-19(22,23)24)10-17(28-18)26-12-6-7-14(20)15(21)9-12/h3-10H,2H2,1H3,(H2,25,26,27,28). The molecule has 1 aromatic heterocycles. The molecular weight excluding hydrogens is 428 g/mol. The molecule has 0 aliphatic rings. The van der Waals surface area contributed by atoms with Gasteiger partial charge in [0.25, 0.3) is 0 Å². The summed E-state index contributed by atoms with van der Waals surface area (Å²) in [6.07, 6.45) is -4.78. The van der Waals surface area contributed by atoms with E-state index in [0.717, 1.165) is 0 Å². The molecule has 10 heteroatoms. The second kappa shape index (κ2) is 8.75. The van der Waals surface area contributed by atoms with Crippen molar-refractivity contribution < 1.29 is 17.9 Å². The van der Waals surface area contributed by atoms with Crippen LogP contribution in [-0.2, 0) is 0 Å². The average molecular weight is 443 g/mol. The van der Waals surface area contributed by atoms with E-state index in [0.29, 0.717) is 45.3 Å². The van der Waals surface area contributed by atoms with E-state index in [2.05, 4.69) is 25.3 Å². The summed E-state index contributed by atoms with van der Waals surface area (Å²) in [4.78, 5) is 8.72. The number of halogens is 5. The Morgan fingerprint density at radius 2 is 1.79 bits per heavy atom. The van der Waals surface area contributed by atoms with Crippen LogP contribution < -0.4 is 15.4 Å². The van der Waals surface area contributed by atoms with Crippen molar-refractivity contribution >= 4 is 40.7 Å². The van der Waals surface area contributed by atoms with Crippen molar-refractivity contribution in [2.75, 3.05) is 17.2 Å². The summed E-state index contributed by atoms with van der Waals surface area (Å²) in [5.74, 6) is 0.402. The van der Waals surface area contributed by atoms with Crippen LogP contribution in [0.3, 0.4) is 0 Å². The van der Waals surface area contributed by atoms with Gasteiger partial charge < -0.3 is 15.4 Å². The van der Waals surface area contributed by atoms with E-state index < -0.39 is 6.36 Å². The van der Waals surface area contributed by atoms with Crippen molar-refractivity contribution in [3.8, 4) is 17.0 Å². The molecule has 152 valence electrons. The highest BCUT2D eigenvalue weighted by Gasteiger charge is 2.31. The molecule has 0 amide bonds. The van der Waals surface area contributed by atoms with E-state index in [1.807, 2.05) is 6.92 Å². The third-order valence-electron chi connectivity index (χ3n) is 3.62. The van der Waals surface area contributed by atoms with Crippen LogP contribution in [0.2, 0.25) is 10.0 Å². The Morgan fingerprint density at radius 1 is 1.00 bits per heavy atom. The summed E-state index contributed by atoms with van der Waals surface area (Å²) in [5.41, 5.74) is 1.48. The van der Waals surface area contributed by atoms with Gasteiger partial charge in [0, 0.05) is 23.9 Å². The Labute approximate surface area is 174 Å². The number of alkyl halides is 3. The van der Waals surface area contributed by atoms with E-state index in [1.165, 1.54) is 18.2 Å². The van der Waals surface area contributed by atoms with Gasteiger partial charge in [-0.3, -0.25) is 0 Å². The first kappa shape index (κ1) is 21.0. The predicted molar refractivity (Wildman–Crippen MR) is 108 cm³/mol. The number of hydrogen-bond donors (Lipinski definition) is 2. The Bertz CT molecular complexity index is 1010. The molecule has 3 rings (SSSR count). The molecule has 0 bridgehead atoms. The van der Waals surface area contributed by atoms with Crippen LogP contribution in [0.15, 0.2) is 48.5 Å². The second-order valence-electron chi connectivity index (χ2n) is 5.82. The Hall–Kier alpha value is -2.71. The number of rotatable bonds is 6. The van der Waals surface area contributed by atoms with E-state index >= 15 is 0 Å². The molecule has 1 heterocycles. The minimum absolute atomic E-state index is 0.315. The molecule has 29 heavy (non-hydrogen) atoms. The van der Waals surface area contributed by atoms with Gasteiger partial charge in [-0.15, -0.1) is 13.2 Å². The molecule has 0 radical (unpaired) electrons. The van der Waals surface area contributed by atoms with Gasteiger partial charge >= 0.3 is 6.36 Å². The summed E-state index contributed by atoms with van der Waals surface area (Å²) in [7, 11) is 0. The zero-order valence-corrected chi connectivity index (χ0v) is 16.5. The minimum Gasteiger partial charge on any atom is -0.406 e. The van der Waals surface area contributed by atoms with E-state index in [4.69, 9.17) is 23.2 Å². The SMILES string of the molecule is CCNc1nc(Nc2ccc(Cl)c(Cl)c2)cc(-c2cccc(OC(F)(F)F)c2)n1. The minimum atomic E-state index is -4.78. The monoisotopic (exact) mass is 442 g/mol. The maximum Gasteiger partial charge on any atom is 0.573 e. The zero-order chi connectivity index (χ0) is 21.0. The van der Waals surface area contributed by atoms with Crippen LogP contribution in [0.5, 0.6) is 5.75 Å². The van der Waals surface area contributed by atoms with Crippen LogP contribution in [0.4, 0.5) is 30.6 Å². The fourth-order valence-electron chi connectivity index (χ4n) is 2.47. The molecule has 3 aromatic rings. The summed E-state index contributed by atoms with van der Waals surface area (Å²) in [6, 6.07) is 12.2. The molecular formula is C19H15Cl2F3N4O. The van der Waals surface area contributed by atoms with E-state index in [-0.39, 0.29) is 5.75 Å². The molecule has 0 saturated carbocycles.